The number of aromatic amines is 1. The van der Waals surface area contributed by atoms with Gasteiger partial charge in [-0.3, -0.25) is 0 Å². The molecule has 5 heteroatoms. The van der Waals surface area contributed by atoms with Crippen molar-refractivity contribution in [3.05, 3.63) is 30.6 Å². The van der Waals surface area contributed by atoms with Gasteiger partial charge in [0.25, 0.3) is 0 Å². The molecule has 0 unspecified atom stereocenters. The molecular weight excluding hydrogens is 214 g/mol. The van der Waals surface area contributed by atoms with Gasteiger partial charge in [-0.25, -0.2) is 9.97 Å². The number of rotatable bonds is 0. The highest BCUT2D eigenvalue weighted by Crippen LogP contribution is 2.26. The number of aromatic nitrogens is 3. The lowest BCUT2D eigenvalue weighted by Gasteiger charge is -1.99. The highest BCUT2D eigenvalue weighted by molar-refractivity contribution is 6.03. The van der Waals surface area contributed by atoms with Gasteiger partial charge in [0.1, 0.15) is 0 Å². The average Bonchev–Trinajstić information content (AvgIpc) is 2.67. The van der Waals surface area contributed by atoms with Crippen LogP contribution >= 0.6 is 12.4 Å². The van der Waals surface area contributed by atoms with Gasteiger partial charge in [-0.1, -0.05) is 18.2 Å². The monoisotopic (exact) mass is 221 g/mol. The Labute approximate surface area is 91.4 Å². The number of nitrogens with zero attached hydrogens (tertiary/aromatic N) is 2. The summed E-state index contributed by atoms with van der Waals surface area (Å²) in [5.74, 6) is -0.0278. The van der Waals surface area contributed by atoms with Crippen molar-refractivity contribution in [2.24, 2.45) is 0 Å². The Balaban J connectivity index is 0.000000853. The van der Waals surface area contributed by atoms with E-state index in [1.165, 1.54) is 0 Å². The third-order valence-electron chi connectivity index (χ3n) is 2.25. The second-order valence-electron chi connectivity index (χ2n) is 3.08. The number of pyridine rings is 1. The van der Waals surface area contributed by atoms with E-state index in [2.05, 4.69) is 15.0 Å². The summed E-state index contributed by atoms with van der Waals surface area (Å²) in [5, 5.41) is 10.5. The first kappa shape index (κ1) is 9.73. The summed E-state index contributed by atoms with van der Waals surface area (Å²) in [6.45, 7) is 0. The summed E-state index contributed by atoms with van der Waals surface area (Å²) in [7, 11) is 0. The molecule has 76 valence electrons. The topological polar surface area (TPSA) is 61.8 Å². The second kappa shape index (κ2) is 3.40. The molecule has 0 amide bonds. The summed E-state index contributed by atoms with van der Waals surface area (Å²) in [6.07, 6.45) is 1.55. The van der Waals surface area contributed by atoms with E-state index in [-0.39, 0.29) is 18.3 Å². The molecule has 2 aromatic heterocycles. The van der Waals surface area contributed by atoms with E-state index in [1.54, 1.807) is 6.33 Å². The van der Waals surface area contributed by atoms with Crippen molar-refractivity contribution in [3.63, 3.8) is 0 Å². The van der Waals surface area contributed by atoms with Gasteiger partial charge in [-0.05, 0) is 6.07 Å². The average molecular weight is 222 g/mol. The first-order valence-corrected chi connectivity index (χ1v) is 4.27. The normalized spacial score (nSPS) is 10.4. The zero-order chi connectivity index (χ0) is 9.54. The molecule has 3 rings (SSSR count). The van der Waals surface area contributed by atoms with Crippen LogP contribution in [0, 0.1) is 0 Å². The molecule has 0 saturated carbocycles. The number of hydrogen-bond donors (Lipinski definition) is 2. The molecule has 0 bridgehead atoms. The summed E-state index contributed by atoms with van der Waals surface area (Å²) < 4.78 is 0. The zero-order valence-electron chi connectivity index (χ0n) is 7.64. The predicted octanol–water partition coefficient (Wildman–Crippen LogP) is 2.24. The first-order valence-electron chi connectivity index (χ1n) is 4.27. The number of H-pyrrole nitrogens is 1. The predicted molar refractivity (Wildman–Crippen MR) is 60.3 cm³/mol. The first-order chi connectivity index (χ1) is 6.86. The van der Waals surface area contributed by atoms with Crippen LogP contribution in [0.2, 0.25) is 0 Å². The molecule has 0 aliphatic rings. The van der Waals surface area contributed by atoms with Gasteiger partial charge in [0, 0.05) is 5.39 Å². The lowest BCUT2D eigenvalue weighted by Crippen LogP contribution is -1.82. The molecule has 3 aromatic rings. The summed E-state index contributed by atoms with van der Waals surface area (Å²) >= 11 is 0. The number of fused-ring (bicyclic) bond motifs is 3. The molecule has 0 saturated heterocycles. The third kappa shape index (κ3) is 1.30. The largest absolute Gasteiger partial charge is 0.492 e. The van der Waals surface area contributed by atoms with Crippen molar-refractivity contribution in [2.45, 2.75) is 0 Å². The Morgan fingerprint density at radius 1 is 1.20 bits per heavy atom. The van der Waals surface area contributed by atoms with E-state index in [0.717, 1.165) is 16.4 Å². The fourth-order valence-electron chi connectivity index (χ4n) is 1.62. The lowest BCUT2D eigenvalue weighted by molar-refractivity contribution is 0.461. The smallest absolute Gasteiger partial charge is 0.240 e. The van der Waals surface area contributed by atoms with Gasteiger partial charge in [0.2, 0.25) is 5.88 Å². The second-order valence-corrected chi connectivity index (χ2v) is 3.08. The minimum absolute atomic E-state index is 0. The van der Waals surface area contributed by atoms with E-state index in [9.17, 15) is 5.11 Å². The number of nitrogens with one attached hydrogen (secondary N) is 1. The van der Waals surface area contributed by atoms with Crippen LogP contribution < -0.4 is 0 Å². The fourth-order valence-corrected chi connectivity index (χ4v) is 1.62. The molecule has 2 N–H and O–H groups in total. The minimum atomic E-state index is -0.0278. The Bertz CT molecular complexity index is 620. The highest BCUT2D eigenvalue weighted by Gasteiger charge is 2.08. The van der Waals surface area contributed by atoms with E-state index < -0.39 is 0 Å². The van der Waals surface area contributed by atoms with Gasteiger partial charge in [0.05, 0.1) is 17.4 Å². The summed E-state index contributed by atoms with van der Waals surface area (Å²) in [5.41, 5.74) is 2.11. The number of benzene rings is 1. The molecule has 0 aliphatic carbocycles. The number of aromatic hydroxyl groups is 1. The number of para-hydroxylation sites is 1. The summed E-state index contributed by atoms with van der Waals surface area (Å²) in [4.78, 5) is 11.0. The van der Waals surface area contributed by atoms with Crippen molar-refractivity contribution in [1.82, 2.24) is 15.0 Å². The van der Waals surface area contributed by atoms with Crippen molar-refractivity contribution in [1.29, 1.82) is 0 Å². The zero-order valence-corrected chi connectivity index (χ0v) is 8.45. The minimum Gasteiger partial charge on any atom is -0.492 e. The maximum Gasteiger partial charge on any atom is 0.240 e. The van der Waals surface area contributed by atoms with Gasteiger partial charge in [-0.2, -0.15) is 0 Å². The van der Waals surface area contributed by atoms with Gasteiger partial charge in [0.15, 0.2) is 5.52 Å². The maximum absolute atomic E-state index is 9.56. The fraction of sp³-hybridized carbons (Fsp3) is 0. The van der Waals surface area contributed by atoms with Crippen LogP contribution in [0.4, 0.5) is 0 Å². The SMILES string of the molecule is Cl.Oc1nc2ccccc2c2[nH]cnc12. The lowest BCUT2D eigenvalue weighted by atomic mass is 10.2. The quantitative estimate of drug-likeness (QED) is 0.612. The third-order valence-corrected chi connectivity index (χ3v) is 2.25. The van der Waals surface area contributed by atoms with Crippen molar-refractivity contribution < 1.29 is 5.11 Å². The molecule has 2 heterocycles. The molecule has 0 spiro atoms. The van der Waals surface area contributed by atoms with Crippen LogP contribution in [0.3, 0.4) is 0 Å². The van der Waals surface area contributed by atoms with Gasteiger partial charge < -0.3 is 10.1 Å². The molecule has 1 aromatic carbocycles. The van der Waals surface area contributed by atoms with Crippen LogP contribution in [0.25, 0.3) is 21.9 Å². The van der Waals surface area contributed by atoms with E-state index in [0.29, 0.717) is 5.52 Å². The van der Waals surface area contributed by atoms with Gasteiger partial charge >= 0.3 is 0 Å². The Morgan fingerprint density at radius 2 is 2.00 bits per heavy atom. The highest BCUT2D eigenvalue weighted by atomic mass is 35.5. The van der Waals surface area contributed by atoms with E-state index >= 15 is 0 Å². The standard InChI is InChI=1S/C10H7N3O.ClH/c14-10-9-8(11-5-12-9)6-3-1-2-4-7(6)13-10;/h1-5H,(H,11,12)(H,13,14);1H. The molecule has 15 heavy (non-hydrogen) atoms. The van der Waals surface area contributed by atoms with E-state index in [4.69, 9.17) is 0 Å². The number of imidazole rings is 1. The van der Waals surface area contributed by atoms with Crippen molar-refractivity contribution in [3.8, 4) is 5.88 Å². The van der Waals surface area contributed by atoms with Crippen molar-refractivity contribution in [2.75, 3.05) is 0 Å². The van der Waals surface area contributed by atoms with Gasteiger partial charge in [-0.15, -0.1) is 12.4 Å². The summed E-state index contributed by atoms with van der Waals surface area (Å²) in [6, 6.07) is 7.62. The molecule has 0 aliphatic heterocycles. The number of hydrogen-bond acceptors (Lipinski definition) is 3. The molecule has 0 fully saturated rings. The van der Waals surface area contributed by atoms with Crippen LogP contribution in [-0.2, 0) is 0 Å². The van der Waals surface area contributed by atoms with Crippen LogP contribution in [0.5, 0.6) is 5.88 Å². The Hall–Kier alpha value is -1.81. The molecule has 0 atom stereocenters. The van der Waals surface area contributed by atoms with E-state index in [1.807, 2.05) is 24.3 Å². The Kier molecular flexibility index (Phi) is 2.21. The maximum atomic E-state index is 9.56. The van der Waals surface area contributed by atoms with Crippen LogP contribution in [-0.4, -0.2) is 20.1 Å². The van der Waals surface area contributed by atoms with Crippen molar-refractivity contribution >= 4 is 34.3 Å². The Morgan fingerprint density at radius 3 is 2.87 bits per heavy atom. The molecule has 0 radical (unpaired) electrons. The molecular formula is C10H8ClN3O. The number of halogens is 1. The molecule has 4 nitrogen and oxygen atoms in total. The van der Waals surface area contributed by atoms with Crippen LogP contribution in [0.15, 0.2) is 30.6 Å². The van der Waals surface area contributed by atoms with Crippen LogP contribution in [0.1, 0.15) is 0 Å².